The van der Waals surface area contributed by atoms with Crippen molar-refractivity contribution in [3.63, 3.8) is 0 Å². The molecule has 0 amide bonds. The molecule has 6 heterocycles. The lowest BCUT2D eigenvalue weighted by Crippen LogP contribution is -2.50. The molecule has 0 bridgehead atoms. The van der Waals surface area contributed by atoms with E-state index in [-0.39, 0.29) is 6.04 Å². The van der Waals surface area contributed by atoms with Crippen LogP contribution in [0.5, 0.6) is 0 Å². The molecule has 1 aliphatic carbocycles. The van der Waals surface area contributed by atoms with Crippen LogP contribution in [0.2, 0.25) is 0 Å². The van der Waals surface area contributed by atoms with Crippen molar-refractivity contribution >= 4 is 5.70 Å². The average molecular weight is 802 g/mol. The third-order valence-corrected chi connectivity index (χ3v) is 11.9. The SMILES string of the molecule is C1=C(n2cc(-c3ccc(CC4CN(Cc5ccccn5)CCN(Cc5ccccn5)CCN(Cc5ccccn5)CCN4Cc4ccccn4)cc3)nn2)CCCCCC1. The summed E-state index contributed by atoms with van der Waals surface area (Å²) in [6, 6.07) is 34.2. The van der Waals surface area contributed by atoms with Crippen molar-refractivity contribution in [3.05, 3.63) is 162 Å². The van der Waals surface area contributed by atoms with Crippen molar-refractivity contribution in [2.75, 3.05) is 45.8 Å². The maximum Gasteiger partial charge on any atom is 0.113 e. The summed E-state index contributed by atoms with van der Waals surface area (Å²) in [6.07, 6.45) is 20.2. The highest BCUT2D eigenvalue weighted by Crippen LogP contribution is 2.24. The molecule has 1 saturated heterocycles. The Balaban J connectivity index is 1.09. The molecule has 1 aliphatic heterocycles. The summed E-state index contributed by atoms with van der Waals surface area (Å²) in [5, 5.41) is 9.19. The van der Waals surface area contributed by atoms with Crippen molar-refractivity contribution in [1.82, 2.24) is 54.5 Å². The molecule has 11 heteroatoms. The molecule has 0 saturated carbocycles. The summed E-state index contributed by atoms with van der Waals surface area (Å²) in [4.78, 5) is 29.6. The maximum absolute atomic E-state index is 4.84. The van der Waals surface area contributed by atoms with Gasteiger partial charge in [0.15, 0.2) is 0 Å². The Morgan fingerprint density at radius 1 is 0.517 bits per heavy atom. The number of aromatic nitrogens is 7. The van der Waals surface area contributed by atoms with Gasteiger partial charge in [-0.3, -0.25) is 39.5 Å². The van der Waals surface area contributed by atoms with Crippen molar-refractivity contribution in [2.24, 2.45) is 0 Å². The molecule has 310 valence electrons. The van der Waals surface area contributed by atoms with Crippen molar-refractivity contribution in [1.29, 1.82) is 0 Å². The van der Waals surface area contributed by atoms with Crippen molar-refractivity contribution in [2.45, 2.75) is 77.2 Å². The number of benzene rings is 1. The van der Waals surface area contributed by atoms with Crippen LogP contribution in [-0.2, 0) is 32.6 Å². The topological polar surface area (TPSA) is 95.2 Å². The molecule has 8 rings (SSSR count). The minimum absolute atomic E-state index is 0.203. The number of hydrogen-bond donors (Lipinski definition) is 0. The Hall–Kier alpha value is -5.46. The minimum Gasteiger partial charge on any atom is -0.295 e. The second-order valence-corrected chi connectivity index (χ2v) is 16.3. The van der Waals surface area contributed by atoms with E-state index >= 15 is 0 Å². The lowest BCUT2D eigenvalue weighted by atomic mass is 10.0. The predicted molar refractivity (Wildman–Crippen MR) is 238 cm³/mol. The monoisotopic (exact) mass is 801 g/mol. The largest absolute Gasteiger partial charge is 0.295 e. The van der Waals surface area contributed by atoms with Gasteiger partial charge in [-0.15, -0.1) is 5.10 Å². The highest BCUT2D eigenvalue weighted by atomic mass is 15.4. The minimum atomic E-state index is 0.203. The van der Waals surface area contributed by atoms with Gasteiger partial charge in [0.25, 0.3) is 0 Å². The molecule has 6 aromatic rings. The Labute approximate surface area is 355 Å². The van der Waals surface area contributed by atoms with Crippen LogP contribution in [0.25, 0.3) is 17.0 Å². The van der Waals surface area contributed by atoms with E-state index in [0.717, 1.165) is 125 Å². The molecule has 0 spiro atoms. The maximum atomic E-state index is 4.84. The molecule has 1 aromatic carbocycles. The third kappa shape index (κ3) is 12.3. The molecule has 11 nitrogen and oxygen atoms in total. The van der Waals surface area contributed by atoms with Gasteiger partial charge in [0.2, 0.25) is 0 Å². The number of pyridine rings is 4. The van der Waals surface area contributed by atoms with E-state index in [2.05, 4.69) is 115 Å². The summed E-state index contributed by atoms with van der Waals surface area (Å²) in [6.45, 7) is 9.52. The fourth-order valence-corrected chi connectivity index (χ4v) is 8.47. The van der Waals surface area contributed by atoms with Crippen molar-refractivity contribution < 1.29 is 0 Å². The molecule has 2 aliphatic rings. The van der Waals surface area contributed by atoms with E-state index < -0.39 is 0 Å². The molecule has 0 N–H and O–H groups in total. The Bertz CT molecular complexity index is 2160. The van der Waals surface area contributed by atoms with Crippen LogP contribution in [0.15, 0.2) is 134 Å². The van der Waals surface area contributed by atoms with E-state index in [1.54, 1.807) is 0 Å². The van der Waals surface area contributed by atoms with Gasteiger partial charge < -0.3 is 0 Å². The molecule has 1 unspecified atom stereocenters. The normalized spacial score (nSPS) is 18.5. The van der Waals surface area contributed by atoms with E-state index in [4.69, 9.17) is 19.9 Å². The first-order chi connectivity index (χ1) is 29.7. The van der Waals surface area contributed by atoms with Gasteiger partial charge in [-0.05, 0) is 86.2 Å². The molecule has 0 radical (unpaired) electrons. The third-order valence-electron chi connectivity index (χ3n) is 11.9. The van der Waals surface area contributed by atoms with Crippen LogP contribution in [0.1, 0.15) is 66.9 Å². The van der Waals surface area contributed by atoms with Gasteiger partial charge in [-0.25, -0.2) is 4.68 Å². The second-order valence-electron chi connectivity index (χ2n) is 16.3. The molecule has 1 fully saturated rings. The number of hydrogen-bond acceptors (Lipinski definition) is 10. The smallest absolute Gasteiger partial charge is 0.113 e. The first kappa shape index (κ1) is 41.3. The van der Waals surface area contributed by atoms with Crippen molar-refractivity contribution in [3.8, 4) is 11.3 Å². The highest BCUT2D eigenvalue weighted by Gasteiger charge is 2.26. The zero-order valence-corrected chi connectivity index (χ0v) is 34.9. The number of allylic oxidation sites excluding steroid dienone is 2. The Morgan fingerprint density at radius 3 is 1.63 bits per heavy atom. The summed E-state index contributed by atoms with van der Waals surface area (Å²) in [7, 11) is 0. The number of rotatable bonds is 12. The molecule has 5 aromatic heterocycles. The predicted octanol–water partition coefficient (Wildman–Crippen LogP) is 7.65. The molecular formula is C49H59N11. The van der Waals surface area contributed by atoms with E-state index in [9.17, 15) is 0 Å². The summed E-state index contributed by atoms with van der Waals surface area (Å²) < 4.78 is 2.00. The van der Waals surface area contributed by atoms with Gasteiger partial charge in [0.05, 0.1) is 29.0 Å². The zero-order valence-electron chi connectivity index (χ0n) is 34.9. The quantitative estimate of drug-likeness (QED) is 0.123. The van der Waals surface area contributed by atoms with Crippen LogP contribution in [0.4, 0.5) is 0 Å². The zero-order chi connectivity index (χ0) is 40.6. The second kappa shape index (κ2) is 21.7. The van der Waals surface area contributed by atoms with Gasteiger partial charge >= 0.3 is 0 Å². The Kier molecular flexibility index (Phi) is 14.9. The highest BCUT2D eigenvalue weighted by molar-refractivity contribution is 5.59. The van der Waals surface area contributed by atoms with Crippen LogP contribution in [-0.4, -0.2) is 106 Å². The average Bonchev–Trinajstić information content (AvgIpc) is 3.77. The van der Waals surface area contributed by atoms with E-state index in [0.29, 0.717) is 0 Å². The van der Waals surface area contributed by atoms with Gasteiger partial charge in [-0.2, -0.15) is 0 Å². The van der Waals surface area contributed by atoms with Gasteiger partial charge in [0.1, 0.15) is 5.69 Å². The standard InChI is InChI=1S/C49H59N11/c1-2-4-18-47(19-5-3-1)60-40-49(54-55-60)42-22-20-41(21-23-42)34-48-39-58(37-45-16-8-12-26-52-45)31-30-56(35-43-14-6-10-24-50-43)28-29-57(36-44-15-7-11-25-51-44)32-33-59(48)38-46-17-9-13-27-53-46/h6-18,20-27,40,48H,1-5,19,28-39H2. The fourth-order valence-electron chi connectivity index (χ4n) is 8.47. The van der Waals surface area contributed by atoms with Crippen LogP contribution in [0.3, 0.4) is 0 Å². The first-order valence-corrected chi connectivity index (χ1v) is 21.9. The lowest BCUT2D eigenvalue weighted by Gasteiger charge is -2.39. The molecule has 1 atom stereocenters. The van der Waals surface area contributed by atoms with Crippen LogP contribution < -0.4 is 0 Å². The lowest BCUT2D eigenvalue weighted by molar-refractivity contribution is 0.0841. The van der Waals surface area contributed by atoms with Gasteiger partial charge in [0, 0.05) is 114 Å². The molecular weight excluding hydrogens is 743 g/mol. The molecule has 60 heavy (non-hydrogen) atoms. The van der Waals surface area contributed by atoms with Crippen LogP contribution >= 0.6 is 0 Å². The summed E-state index contributed by atoms with van der Waals surface area (Å²) >= 11 is 0. The van der Waals surface area contributed by atoms with E-state index in [1.165, 1.54) is 36.9 Å². The number of nitrogens with zero attached hydrogens (tertiary/aromatic N) is 11. The summed E-state index contributed by atoms with van der Waals surface area (Å²) in [5.41, 5.74) is 8.95. The fraction of sp³-hybridized carbons (Fsp3) is 0.388. The van der Waals surface area contributed by atoms with Crippen LogP contribution in [0, 0.1) is 0 Å². The summed E-state index contributed by atoms with van der Waals surface area (Å²) in [5.74, 6) is 0. The van der Waals surface area contributed by atoms with E-state index in [1.807, 2.05) is 53.7 Å². The first-order valence-electron chi connectivity index (χ1n) is 21.9. The van der Waals surface area contributed by atoms with Gasteiger partial charge in [-0.1, -0.05) is 72.7 Å². The Morgan fingerprint density at radius 2 is 1.05 bits per heavy atom.